The molecule has 0 radical (unpaired) electrons. The summed E-state index contributed by atoms with van der Waals surface area (Å²) < 4.78 is 0.777. The summed E-state index contributed by atoms with van der Waals surface area (Å²) in [6, 6.07) is 2.06. The van der Waals surface area contributed by atoms with Gasteiger partial charge < -0.3 is 4.98 Å². The van der Waals surface area contributed by atoms with Crippen molar-refractivity contribution in [3.8, 4) is 0 Å². The summed E-state index contributed by atoms with van der Waals surface area (Å²) >= 11 is 6.75. The number of nitrogens with zero attached hydrogens (tertiary/aromatic N) is 1. The highest BCUT2D eigenvalue weighted by Gasteiger charge is 1.98. The molecule has 0 aromatic carbocycles. The summed E-state index contributed by atoms with van der Waals surface area (Å²) in [5.41, 5.74) is 0. The lowest BCUT2D eigenvalue weighted by atomic mass is 10.4. The van der Waals surface area contributed by atoms with Gasteiger partial charge in [0, 0.05) is 10.3 Å². The summed E-state index contributed by atoms with van der Waals surface area (Å²) in [5, 5.41) is 1.06. The molecule has 2 aromatic heterocycles. The molecule has 1 N–H and O–H groups in total. The Morgan fingerprint density at radius 1 is 1.64 bits per heavy atom. The second-order valence-corrected chi connectivity index (χ2v) is 3.95. The normalized spacial score (nSPS) is 10.6. The van der Waals surface area contributed by atoms with Crippen molar-refractivity contribution in [3.05, 3.63) is 21.9 Å². The molecule has 0 aliphatic heterocycles. The number of aryl methyl sites for hydroxylation is 1. The first-order valence-corrected chi connectivity index (χ1v) is 4.43. The van der Waals surface area contributed by atoms with Gasteiger partial charge in [-0.05, 0) is 13.0 Å². The molecule has 0 aliphatic carbocycles. The van der Waals surface area contributed by atoms with Gasteiger partial charge in [0.05, 0.1) is 6.33 Å². The fraction of sp³-hybridized carbons (Fsp3) is 0.143. The molecule has 4 heteroatoms. The summed E-state index contributed by atoms with van der Waals surface area (Å²) in [4.78, 5) is 9.33. The van der Waals surface area contributed by atoms with Crippen LogP contribution in [-0.4, -0.2) is 9.97 Å². The fourth-order valence-electron chi connectivity index (χ4n) is 0.988. The first kappa shape index (κ1) is 6.94. The van der Waals surface area contributed by atoms with E-state index in [1.54, 1.807) is 17.7 Å². The van der Waals surface area contributed by atoms with Gasteiger partial charge in [0.2, 0.25) is 0 Å². The monoisotopic (exact) mass is 182 g/mol. The van der Waals surface area contributed by atoms with Crippen molar-refractivity contribution in [1.82, 2.24) is 9.97 Å². The van der Waals surface area contributed by atoms with Crippen molar-refractivity contribution in [1.29, 1.82) is 0 Å². The number of thiophene rings is 1. The second kappa shape index (κ2) is 2.39. The van der Waals surface area contributed by atoms with Gasteiger partial charge in [0.1, 0.15) is 9.47 Å². The molecule has 0 fully saturated rings. The molecule has 0 amide bonds. The molecular formula is C7H6N2S2. The van der Waals surface area contributed by atoms with E-state index >= 15 is 0 Å². The van der Waals surface area contributed by atoms with E-state index < -0.39 is 0 Å². The number of hydrogen-bond donors (Lipinski definition) is 1. The van der Waals surface area contributed by atoms with E-state index in [1.807, 2.05) is 0 Å². The average Bonchev–Trinajstić information content (AvgIpc) is 2.31. The minimum atomic E-state index is 0.777. The Bertz CT molecular complexity index is 441. The molecule has 0 atom stereocenters. The molecule has 56 valence electrons. The number of fused-ring (bicyclic) bond motifs is 1. The number of hydrogen-bond acceptors (Lipinski definition) is 3. The van der Waals surface area contributed by atoms with E-state index in [9.17, 15) is 0 Å². The van der Waals surface area contributed by atoms with Crippen LogP contribution in [0.1, 0.15) is 4.88 Å². The topological polar surface area (TPSA) is 28.7 Å². The summed E-state index contributed by atoms with van der Waals surface area (Å²) in [7, 11) is 0. The number of nitrogens with one attached hydrogen (secondary N) is 1. The highest BCUT2D eigenvalue weighted by atomic mass is 32.1. The van der Waals surface area contributed by atoms with Crippen molar-refractivity contribution in [2.75, 3.05) is 0 Å². The zero-order chi connectivity index (χ0) is 7.84. The largest absolute Gasteiger partial charge is 0.337 e. The SMILES string of the molecule is Cc1cc2c(=S)[nH]cnc2s1. The molecule has 2 nitrogen and oxygen atoms in total. The Morgan fingerprint density at radius 2 is 2.45 bits per heavy atom. The third-order valence-electron chi connectivity index (χ3n) is 1.46. The van der Waals surface area contributed by atoms with E-state index in [-0.39, 0.29) is 0 Å². The summed E-state index contributed by atoms with van der Waals surface area (Å²) in [6.45, 7) is 2.06. The second-order valence-electron chi connectivity index (χ2n) is 2.31. The van der Waals surface area contributed by atoms with Gasteiger partial charge in [-0.25, -0.2) is 4.98 Å². The molecule has 0 bridgehead atoms. The van der Waals surface area contributed by atoms with Gasteiger partial charge in [0.25, 0.3) is 0 Å². The zero-order valence-electron chi connectivity index (χ0n) is 5.92. The molecule has 0 saturated carbocycles. The predicted octanol–water partition coefficient (Wildman–Crippen LogP) is 2.66. The Labute approximate surface area is 72.9 Å². The molecule has 2 aromatic rings. The molecule has 2 heterocycles. The third-order valence-corrected chi connectivity index (χ3v) is 2.75. The number of H-pyrrole nitrogens is 1. The Hall–Kier alpha value is -0.740. The van der Waals surface area contributed by atoms with E-state index in [1.165, 1.54) is 4.88 Å². The predicted molar refractivity (Wildman–Crippen MR) is 49.5 cm³/mol. The summed E-state index contributed by atoms with van der Waals surface area (Å²) in [5.74, 6) is 0. The minimum Gasteiger partial charge on any atom is -0.337 e. The van der Waals surface area contributed by atoms with E-state index in [0.717, 1.165) is 14.9 Å². The highest BCUT2D eigenvalue weighted by Crippen LogP contribution is 2.22. The third kappa shape index (κ3) is 1.08. The lowest BCUT2D eigenvalue weighted by molar-refractivity contribution is 1.22. The van der Waals surface area contributed by atoms with Crippen LogP contribution < -0.4 is 0 Å². The maximum atomic E-state index is 5.08. The molecule has 11 heavy (non-hydrogen) atoms. The zero-order valence-corrected chi connectivity index (χ0v) is 7.55. The Balaban J connectivity index is 3.02. The van der Waals surface area contributed by atoms with Crippen LogP contribution in [0.5, 0.6) is 0 Å². The van der Waals surface area contributed by atoms with Crippen LogP contribution in [-0.2, 0) is 0 Å². The minimum absolute atomic E-state index is 0.777. The van der Waals surface area contributed by atoms with E-state index in [0.29, 0.717) is 0 Å². The lowest BCUT2D eigenvalue weighted by Crippen LogP contribution is -1.75. The lowest BCUT2D eigenvalue weighted by Gasteiger charge is -1.85. The molecule has 0 saturated heterocycles. The molecule has 0 spiro atoms. The first-order chi connectivity index (χ1) is 5.27. The van der Waals surface area contributed by atoms with Crippen LogP contribution in [0, 0.1) is 11.6 Å². The average molecular weight is 182 g/mol. The van der Waals surface area contributed by atoms with Gasteiger partial charge in [-0.2, -0.15) is 0 Å². The maximum absolute atomic E-state index is 5.08. The van der Waals surface area contributed by atoms with Gasteiger partial charge >= 0.3 is 0 Å². The van der Waals surface area contributed by atoms with Crippen LogP contribution in [0.25, 0.3) is 10.2 Å². The van der Waals surface area contributed by atoms with Crippen LogP contribution in [0.2, 0.25) is 0 Å². The summed E-state index contributed by atoms with van der Waals surface area (Å²) in [6.07, 6.45) is 1.64. The van der Waals surface area contributed by atoms with Crippen molar-refractivity contribution < 1.29 is 0 Å². The van der Waals surface area contributed by atoms with Gasteiger partial charge in [-0.3, -0.25) is 0 Å². The van der Waals surface area contributed by atoms with Crippen molar-refractivity contribution >= 4 is 33.8 Å². The molecular weight excluding hydrogens is 176 g/mol. The Morgan fingerprint density at radius 3 is 3.18 bits per heavy atom. The van der Waals surface area contributed by atoms with Crippen molar-refractivity contribution in [2.24, 2.45) is 0 Å². The quantitative estimate of drug-likeness (QED) is 0.634. The smallest absolute Gasteiger partial charge is 0.128 e. The van der Waals surface area contributed by atoms with Crippen LogP contribution in [0.3, 0.4) is 0 Å². The molecule has 2 rings (SSSR count). The van der Waals surface area contributed by atoms with E-state index in [4.69, 9.17) is 12.2 Å². The van der Waals surface area contributed by atoms with Crippen LogP contribution >= 0.6 is 23.6 Å². The first-order valence-electron chi connectivity index (χ1n) is 3.21. The number of aromatic amines is 1. The van der Waals surface area contributed by atoms with Crippen LogP contribution in [0.4, 0.5) is 0 Å². The number of rotatable bonds is 0. The van der Waals surface area contributed by atoms with Gasteiger partial charge in [-0.1, -0.05) is 12.2 Å². The van der Waals surface area contributed by atoms with Crippen LogP contribution in [0.15, 0.2) is 12.4 Å². The standard InChI is InChI=1S/C7H6N2S2/c1-4-2-5-6(10)8-3-9-7(5)11-4/h2-3H,1H3,(H,8,9,10). The van der Waals surface area contributed by atoms with Crippen molar-refractivity contribution in [2.45, 2.75) is 6.92 Å². The Kier molecular flexibility index (Phi) is 1.51. The fourth-order valence-corrected chi connectivity index (χ4v) is 2.12. The molecule has 0 aliphatic rings. The van der Waals surface area contributed by atoms with Gasteiger partial charge in [0.15, 0.2) is 0 Å². The molecule has 0 unspecified atom stereocenters. The number of aromatic nitrogens is 2. The highest BCUT2D eigenvalue weighted by molar-refractivity contribution is 7.71. The van der Waals surface area contributed by atoms with Crippen molar-refractivity contribution in [3.63, 3.8) is 0 Å². The van der Waals surface area contributed by atoms with E-state index in [2.05, 4.69) is 23.0 Å². The van der Waals surface area contributed by atoms with Gasteiger partial charge in [-0.15, -0.1) is 11.3 Å². The maximum Gasteiger partial charge on any atom is 0.128 e.